The van der Waals surface area contributed by atoms with E-state index in [-0.39, 0.29) is 0 Å². The molecule has 32 heavy (non-hydrogen) atoms. The average Bonchev–Trinajstić information content (AvgIpc) is 2.78. The molecule has 0 bridgehead atoms. The predicted molar refractivity (Wildman–Crippen MR) is 140 cm³/mol. The van der Waals surface area contributed by atoms with Gasteiger partial charge in [-0.25, -0.2) is 9.59 Å². The summed E-state index contributed by atoms with van der Waals surface area (Å²) in [6.07, 6.45) is 3.44. The summed E-state index contributed by atoms with van der Waals surface area (Å²) in [7, 11) is 2.81. The standard InChI is InChI=1S/C22H24N2O4S4/c25-19(26)17-9-5-15(6-10-17)3-1-13-23-21(29)31-32-22(30)24-14-2-4-16-7-11-18(12-8-16)20(27)28/h5-12H,1-4,13-14H2,(H,23,29)(H,24,30)(H,25,26)(H,27,28). The van der Waals surface area contributed by atoms with Crippen molar-refractivity contribution in [2.75, 3.05) is 13.1 Å². The Morgan fingerprint density at radius 3 is 1.34 bits per heavy atom. The second-order valence-electron chi connectivity index (χ2n) is 6.81. The van der Waals surface area contributed by atoms with Crippen LogP contribution in [0, 0.1) is 0 Å². The van der Waals surface area contributed by atoms with Gasteiger partial charge in [-0.3, -0.25) is 0 Å². The largest absolute Gasteiger partial charge is 0.478 e. The van der Waals surface area contributed by atoms with Gasteiger partial charge in [0, 0.05) is 13.1 Å². The van der Waals surface area contributed by atoms with Crippen LogP contribution < -0.4 is 10.6 Å². The number of rotatable bonds is 10. The highest BCUT2D eigenvalue weighted by atomic mass is 33.1. The fourth-order valence-electron chi connectivity index (χ4n) is 2.73. The molecule has 0 aliphatic heterocycles. The number of carboxylic acid groups (broad SMARTS) is 2. The van der Waals surface area contributed by atoms with Crippen molar-refractivity contribution in [1.29, 1.82) is 0 Å². The van der Waals surface area contributed by atoms with Crippen molar-refractivity contribution in [3.63, 3.8) is 0 Å². The minimum Gasteiger partial charge on any atom is -0.478 e. The van der Waals surface area contributed by atoms with Gasteiger partial charge in [-0.05, 0) is 82.7 Å². The third kappa shape index (κ3) is 9.99. The number of hydrogen-bond acceptors (Lipinski definition) is 6. The van der Waals surface area contributed by atoms with E-state index in [9.17, 15) is 9.59 Å². The Labute approximate surface area is 206 Å². The molecular weight excluding hydrogens is 485 g/mol. The molecule has 6 nitrogen and oxygen atoms in total. The van der Waals surface area contributed by atoms with Crippen molar-refractivity contribution in [1.82, 2.24) is 10.6 Å². The van der Waals surface area contributed by atoms with Gasteiger partial charge in [0.2, 0.25) is 0 Å². The van der Waals surface area contributed by atoms with Crippen molar-refractivity contribution in [2.24, 2.45) is 0 Å². The summed E-state index contributed by atoms with van der Waals surface area (Å²) in [6, 6.07) is 13.8. The van der Waals surface area contributed by atoms with Gasteiger partial charge in [0.25, 0.3) is 0 Å². The van der Waals surface area contributed by atoms with E-state index < -0.39 is 11.9 Å². The molecule has 2 aromatic carbocycles. The van der Waals surface area contributed by atoms with Gasteiger partial charge in [0.1, 0.15) is 8.64 Å². The lowest BCUT2D eigenvalue weighted by Gasteiger charge is -2.09. The first-order chi connectivity index (χ1) is 15.3. The van der Waals surface area contributed by atoms with Gasteiger partial charge in [-0.15, -0.1) is 0 Å². The summed E-state index contributed by atoms with van der Waals surface area (Å²) in [5.74, 6) is -1.84. The zero-order valence-corrected chi connectivity index (χ0v) is 20.5. The molecule has 0 atom stereocenters. The molecule has 10 heteroatoms. The third-order valence-electron chi connectivity index (χ3n) is 4.42. The maximum Gasteiger partial charge on any atom is 0.335 e. The molecule has 0 saturated heterocycles. The summed E-state index contributed by atoms with van der Waals surface area (Å²) in [5.41, 5.74) is 2.77. The first-order valence-corrected chi connectivity index (χ1v) is 12.9. The number of aromatic carboxylic acids is 2. The highest BCUT2D eigenvalue weighted by Gasteiger charge is 2.05. The van der Waals surface area contributed by atoms with E-state index in [0.29, 0.717) is 19.8 Å². The molecule has 4 N–H and O–H groups in total. The van der Waals surface area contributed by atoms with E-state index in [1.807, 2.05) is 24.3 Å². The Balaban J connectivity index is 1.52. The Morgan fingerprint density at radius 2 is 1.03 bits per heavy atom. The predicted octanol–water partition coefficient (Wildman–Crippen LogP) is 4.78. The van der Waals surface area contributed by atoms with E-state index in [0.717, 1.165) is 49.9 Å². The molecule has 0 amide bonds. The fourth-order valence-corrected chi connectivity index (χ4v) is 4.83. The monoisotopic (exact) mass is 508 g/mol. The quantitative estimate of drug-likeness (QED) is 0.204. The second kappa shape index (κ2) is 14.1. The minimum absolute atomic E-state index is 0.292. The Kier molecular flexibility index (Phi) is 11.5. The zero-order chi connectivity index (χ0) is 23.3. The van der Waals surface area contributed by atoms with Crippen molar-refractivity contribution in [2.45, 2.75) is 25.7 Å². The maximum atomic E-state index is 10.9. The number of aryl methyl sites for hydroxylation is 2. The number of nitrogens with one attached hydrogen (secondary N) is 2. The molecule has 0 aromatic heterocycles. The summed E-state index contributed by atoms with van der Waals surface area (Å²) in [5, 5.41) is 24.2. The van der Waals surface area contributed by atoms with Crippen LogP contribution in [0.3, 0.4) is 0 Å². The number of thiocarbonyl (C=S) groups is 2. The van der Waals surface area contributed by atoms with Crippen LogP contribution in [0.2, 0.25) is 0 Å². The van der Waals surface area contributed by atoms with Crippen LogP contribution in [-0.4, -0.2) is 43.9 Å². The van der Waals surface area contributed by atoms with Crippen LogP contribution in [0.1, 0.15) is 44.7 Å². The molecule has 0 saturated carbocycles. The molecule has 0 radical (unpaired) electrons. The fraction of sp³-hybridized carbons (Fsp3) is 0.273. The maximum absolute atomic E-state index is 10.9. The number of carbonyl (C=O) groups is 2. The first-order valence-electron chi connectivity index (χ1n) is 9.90. The van der Waals surface area contributed by atoms with Gasteiger partial charge < -0.3 is 20.8 Å². The summed E-state index contributed by atoms with van der Waals surface area (Å²) >= 11 is 10.6. The van der Waals surface area contributed by atoms with Crippen molar-refractivity contribution >= 4 is 66.6 Å². The Hall–Kier alpha value is -2.14. The second-order valence-corrected chi connectivity index (χ2v) is 10.3. The molecular formula is C22H24N2O4S4. The number of hydrogen-bond donors (Lipinski definition) is 4. The van der Waals surface area contributed by atoms with Crippen LogP contribution in [0.15, 0.2) is 48.5 Å². The van der Waals surface area contributed by atoms with Crippen LogP contribution in [-0.2, 0) is 12.8 Å². The molecule has 0 aliphatic rings. The smallest absolute Gasteiger partial charge is 0.335 e. The van der Waals surface area contributed by atoms with Crippen LogP contribution in [0.4, 0.5) is 0 Å². The van der Waals surface area contributed by atoms with E-state index >= 15 is 0 Å². The van der Waals surface area contributed by atoms with E-state index in [2.05, 4.69) is 10.6 Å². The minimum atomic E-state index is -0.919. The zero-order valence-electron chi connectivity index (χ0n) is 17.2. The highest BCUT2D eigenvalue weighted by Crippen LogP contribution is 2.23. The molecule has 0 spiro atoms. The van der Waals surface area contributed by atoms with Crippen molar-refractivity contribution in [3.05, 3.63) is 70.8 Å². The normalized spacial score (nSPS) is 10.4. The van der Waals surface area contributed by atoms with E-state index in [1.165, 1.54) is 21.6 Å². The van der Waals surface area contributed by atoms with Gasteiger partial charge >= 0.3 is 11.9 Å². The van der Waals surface area contributed by atoms with E-state index in [1.54, 1.807) is 24.3 Å². The molecule has 0 heterocycles. The Morgan fingerprint density at radius 1 is 0.688 bits per heavy atom. The van der Waals surface area contributed by atoms with Crippen LogP contribution >= 0.6 is 46.0 Å². The summed E-state index contributed by atoms with van der Waals surface area (Å²) in [6.45, 7) is 1.46. The molecule has 170 valence electrons. The molecule has 2 aromatic rings. The molecule has 2 rings (SSSR count). The van der Waals surface area contributed by atoms with Gasteiger partial charge in [0.05, 0.1) is 11.1 Å². The number of benzene rings is 2. The number of carboxylic acids is 2. The van der Waals surface area contributed by atoms with Gasteiger partial charge in [-0.1, -0.05) is 48.7 Å². The lowest BCUT2D eigenvalue weighted by molar-refractivity contribution is 0.0686. The SMILES string of the molecule is O=C(O)c1ccc(CCCNC(=S)SSC(=S)NCCCc2ccc(C(=O)O)cc2)cc1. The Bertz CT molecular complexity index is 856. The molecule has 0 fully saturated rings. The topological polar surface area (TPSA) is 98.7 Å². The lowest BCUT2D eigenvalue weighted by Crippen LogP contribution is -2.22. The summed E-state index contributed by atoms with van der Waals surface area (Å²) < 4.78 is 1.33. The highest BCUT2D eigenvalue weighted by molar-refractivity contribution is 8.89. The van der Waals surface area contributed by atoms with Crippen LogP contribution in [0.5, 0.6) is 0 Å². The van der Waals surface area contributed by atoms with E-state index in [4.69, 9.17) is 34.6 Å². The third-order valence-corrected chi connectivity index (χ3v) is 7.76. The van der Waals surface area contributed by atoms with Crippen molar-refractivity contribution in [3.8, 4) is 0 Å². The lowest BCUT2D eigenvalue weighted by atomic mass is 10.1. The summed E-state index contributed by atoms with van der Waals surface area (Å²) in [4.78, 5) is 21.7. The average molecular weight is 509 g/mol. The molecule has 0 unspecified atom stereocenters. The van der Waals surface area contributed by atoms with Gasteiger partial charge in [-0.2, -0.15) is 0 Å². The van der Waals surface area contributed by atoms with Crippen molar-refractivity contribution < 1.29 is 19.8 Å². The molecule has 0 aliphatic carbocycles. The first kappa shape index (κ1) is 26.1. The van der Waals surface area contributed by atoms with Crippen LogP contribution in [0.25, 0.3) is 0 Å². The van der Waals surface area contributed by atoms with Gasteiger partial charge in [0.15, 0.2) is 0 Å².